The van der Waals surface area contributed by atoms with Crippen molar-refractivity contribution >= 4 is 41.7 Å². The summed E-state index contributed by atoms with van der Waals surface area (Å²) in [4.78, 5) is 3.91. The highest BCUT2D eigenvalue weighted by Crippen LogP contribution is 2.09. The summed E-state index contributed by atoms with van der Waals surface area (Å²) in [7, 11) is 1.39. The monoisotopic (exact) mass is 281 g/mol. The van der Waals surface area contributed by atoms with Crippen molar-refractivity contribution in [3.05, 3.63) is 33.9 Å². The van der Waals surface area contributed by atoms with Crippen molar-refractivity contribution in [1.29, 1.82) is 0 Å². The molecule has 0 aliphatic heterocycles. The van der Waals surface area contributed by atoms with Gasteiger partial charge in [-0.25, -0.2) is 13.4 Å². The van der Waals surface area contributed by atoms with E-state index in [1.807, 2.05) is 0 Å². The maximum absolute atomic E-state index is 10.5. The van der Waals surface area contributed by atoms with Crippen LogP contribution in [0.15, 0.2) is 28.3 Å². The van der Waals surface area contributed by atoms with Crippen molar-refractivity contribution < 1.29 is 8.42 Å². The van der Waals surface area contributed by atoms with E-state index in [2.05, 4.69) is 20.9 Å². The Balaban J connectivity index is 2.88. The number of rotatable bonds is 2. The van der Waals surface area contributed by atoms with E-state index in [1.54, 1.807) is 12.1 Å². The Morgan fingerprint density at radius 1 is 1.46 bits per heavy atom. The van der Waals surface area contributed by atoms with Crippen molar-refractivity contribution in [2.45, 2.75) is 0 Å². The lowest BCUT2D eigenvalue weighted by Crippen LogP contribution is -1.81. The van der Waals surface area contributed by atoms with Gasteiger partial charge in [-0.05, 0) is 33.6 Å². The van der Waals surface area contributed by atoms with Crippen LogP contribution < -0.4 is 0 Å². The standard InChI is InChI=1S/C7H5BrClNO2S/c8-7-2-1-6(5-10-7)3-4-13(9,11)12/h1-5H/b4-3+. The van der Waals surface area contributed by atoms with Crippen LogP contribution in [0.1, 0.15) is 5.56 Å². The van der Waals surface area contributed by atoms with Gasteiger partial charge in [0.2, 0.25) is 0 Å². The maximum Gasteiger partial charge on any atom is 0.254 e. The molecule has 0 unspecified atom stereocenters. The molecule has 0 fully saturated rings. The highest BCUT2D eigenvalue weighted by molar-refractivity contribution is 9.10. The summed E-state index contributed by atoms with van der Waals surface area (Å²) < 4.78 is 21.7. The molecule has 1 aromatic rings. The lowest BCUT2D eigenvalue weighted by molar-refractivity contribution is 0.617. The molecule has 0 spiro atoms. The smallest absolute Gasteiger partial charge is 0.249 e. The normalized spacial score (nSPS) is 12.2. The summed E-state index contributed by atoms with van der Waals surface area (Å²) in [5.74, 6) is 0. The van der Waals surface area contributed by atoms with Crippen LogP contribution in [0.2, 0.25) is 0 Å². The van der Waals surface area contributed by atoms with Gasteiger partial charge in [0.1, 0.15) is 4.60 Å². The molecule has 1 heterocycles. The third-order valence-electron chi connectivity index (χ3n) is 1.17. The zero-order valence-corrected chi connectivity index (χ0v) is 9.47. The topological polar surface area (TPSA) is 47.0 Å². The largest absolute Gasteiger partial charge is 0.254 e. The molecule has 0 N–H and O–H groups in total. The van der Waals surface area contributed by atoms with Gasteiger partial charge < -0.3 is 0 Å². The van der Waals surface area contributed by atoms with Gasteiger partial charge in [0.25, 0.3) is 9.05 Å². The minimum absolute atomic E-state index is 0.674. The number of nitrogens with zero attached hydrogens (tertiary/aromatic N) is 1. The predicted molar refractivity (Wildman–Crippen MR) is 55.7 cm³/mol. The highest BCUT2D eigenvalue weighted by Gasteiger charge is 1.96. The Hall–Kier alpha value is -0.390. The molecule has 6 heteroatoms. The SMILES string of the molecule is O=S(=O)(Cl)/C=C/c1ccc(Br)nc1. The van der Waals surface area contributed by atoms with Gasteiger partial charge in [0.15, 0.2) is 0 Å². The molecule has 1 aromatic heterocycles. The van der Waals surface area contributed by atoms with E-state index in [0.29, 0.717) is 10.2 Å². The minimum Gasteiger partial charge on any atom is -0.249 e. The molecular weight excluding hydrogens is 278 g/mol. The van der Waals surface area contributed by atoms with Crippen LogP contribution in [0.4, 0.5) is 0 Å². The van der Waals surface area contributed by atoms with E-state index in [9.17, 15) is 8.42 Å². The van der Waals surface area contributed by atoms with E-state index in [4.69, 9.17) is 10.7 Å². The molecule has 3 nitrogen and oxygen atoms in total. The maximum atomic E-state index is 10.5. The van der Waals surface area contributed by atoms with Gasteiger partial charge in [-0.2, -0.15) is 0 Å². The molecular formula is C7H5BrClNO2S. The van der Waals surface area contributed by atoms with Crippen molar-refractivity contribution in [3.63, 3.8) is 0 Å². The molecule has 70 valence electrons. The van der Waals surface area contributed by atoms with Gasteiger partial charge in [0, 0.05) is 22.3 Å². The number of halogens is 2. The zero-order valence-electron chi connectivity index (χ0n) is 6.31. The fourth-order valence-corrected chi connectivity index (χ4v) is 1.35. The molecule has 0 aliphatic rings. The first-order valence-electron chi connectivity index (χ1n) is 3.22. The summed E-state index contributed by atoms with van der Waals surface area (Å²) in [6, 6.07) is 3.43. The second-order valence-corrected chi connectivity index (χ2v) is 5.52. The molecule has 0 amide bonds. The van der Waals surface area contributed by atoms with Crippen LogP contribution in [0, 0.1) is 0 Å². The minimum atomic E-state index is -3.58. The van der Waals surface area contributed by atoms with Gasteiger partial charge in [-0.15, -0.1) is 0 Å². The first-order chi connectivity index (χ1) is 5.97. The second kappa shape index (κ2) is 4.21. The van der Waals surface area contributed by atoms with Crippen LogP contribution in [0.25, 0.3) is 6.08 Å². The molecule has 1 rings (SSSR count). The Bertz CT molecular complexity index is 413. The van der Waals surface area contributed by atoms with Gasteiger partial charge in [0.05, 0.1) is 0 Å². The molecule has 0 saturated carbocycles. The van der Waals surface area contributed by atoms with Gasteiger partial charge >= 0.3 is 0 Å². The van der Waals surface area contributed by atoms with Crippen LogP contribution in [-0.2, 0) is 9.05 Å². The molecule has 0 radical (unpaired) electrons. The van der Waals surface area contributed by atoms with Crippen molar-refractivity contribution in [3.8, 4) is 0 Å². The molecule has 0 aliphatic carbocycles. The Morgan fingerprint density at radius 2 is 2.15 bits per heavy atom. The van der Waals surface area contributed by atoms with Gasteiger partial charge in [-0.3, -0.25) is 0 Å². The summed E-state index contributed by atoms with van der Waals surface area (Å²) in [5, 5.41) is 0.916. The fourth-order valence-electron chi connectivity index (χ4n) is 0.646. The lowest BCUT2D eigenvalue weighted by Gasteiger charge is -1.91. The summed E-state index contributed by atoms with van der Waals surface area (Å²) in [6.07, 6.45) is 2.91. The van der Waals surface area contributed by atoms with Crippen molar-refractivity contribution in [2.24, 2.45) is 0 Å². The number of pyridine rings is 1. The average Bonchev–Trinajstić information content (AvgIpc) is 2.02. The highest BCUT2D eigenvalue weighted by atomic mass is 79.9. The van der Waals surface area contributed by atoms with Crippen LogP contribution in [-0.4, -0.2) is 13.4 Å². The van der Waals surface area contributed by atoms with E-state index in [1.165, 1.54) is 12.3 Å². The summed E-state index contributed by atoms with van der Waals surface area (Å²) >= 11 is 3.16. The number of hydrogen-bond acceptors (Lipinski definition) is 3. The van der Waals surface area contributed by atoms with E-state index < -0.39 is 9.05 Å². The third kappa shape index (κ3) is 4.40. The van der Waals surface area contributed by atoms with Crippen LogP contribution in [0.5, 0.6) is 0 Å². The molecule has 0 saturated heterocycles. The molecule has 0 atom stereocenters. The third-order valence-corrected chi connectivity index (χ3v) is 2.41. The Kier molecular flexibility index (Phi) is 3.47. The van der Waals surface area contributed by atoms with E-state index in [0.717, 1.165) is 5.41 Å². The first-order valence-corrected chi connectivity index (χ1v) is 6.38. The zero-order chi connectivity index (χ0) is 9.90. The second-order valence-electron chi connectivity index (χ2n) is 2.19. The van der Waals surface area contributed by atoms with E-state index in [-0.39, 0.29) is 0 Å². The summed E-state index contributed by atoms with van der Waals surface area (Å²) in [5.41, 5.74) is 0.674. The number of hydrogen-bond donors (Lipinski definition) is 0. The average molecular weight is 283 g/mol. The van der Waals surface area contributed by atoms with E-state index >= 15 is 0 Å². The summed E-state index contributed by atoms with van der Waals surface area (Å²) in [6.45, 7) is 0. The predicted octanol–water partition coefficient (Wildman–Crippen LogP) is 2.38. The first kappa shape index (κ1) is 10.7. The number of aromatic nitrogens is 1. The Morgan fingerprint density at radius 3 is 2.62 bits per heavy atom. The van der Waals surface area contributed by atoms with Crippen molar-refractivity contribution in [2.75, 3.05) is 0 Å². The molecule has 13 heavy (non-hydrogen) atoms. The van der Waals surface area contributed by atoms with Crippen LogP contribution >= 0.6 is 26.6 Å². The quantitative estimate of drug-likeness (QED) is 0.618. The Labute approximate surface area is 89.0 Å². The van der Waals surface area contributed by atoms with Crippen LogP contribution in [0.3, 0.4) is 0 Å². The molecule has 0 bridgehead atoms. The fraction of sp³-hybridized carbons (Fsp3) is 0. The molecule has 0 aromatic carbocycles. The van der Waals surface area contributed by atoms with Gasteiger partial charge in [-0.1, -0.05) is 6.07 Å². The van der Waals surface area contributed by atoms with Crippen molar-refractivity contribution in [1.82, 2.24) is 4.98 Å². The lowest BCUT2D eigenvalue weighted by atomic mass is 10.3.